The van der Waals surface area contributed by atoms with Crippen molar-refractivity contribution in [1.82, 2.24) is 20.2 Å². The van der Waals surface area contributed by atoms with Crippen LogP contribution in [0, 0.1) is 5.82 Å². The van der Waals surface area contributed by atoms with Gasteiger partial charge in [0.25, 0.3) is 0 Å². The van der Waals surface area contributed by atoms with Gasteiger partial charge >= 0.3 is 5.97 Å². The molecule has 3 heterocycles. The average molecular weight is 511 g/mol. The van der Waals surface area contributed by atoms with E-state index in [9.17, 15) is 14.3 Å². The number of anilines is 2. The van der Waals surface area contributed by atoms with Crippen LogP contribution in [0.1, 0.15) is 38.6 Å². The van der Waals surface area contributed by atoms with E-state index in [1.54, 1.807) is 23.1 Å². The molecule has 2 aromatic carbocycles. The summed E-state index contributed by atoms with van der Waals surface area (Å²) >= 11 is 0. The predicted molar refractivity (Wildman–Crippen MR) is 135 cm³/mol. The SMILES string of the molecule is CCOc1ccc(F)c(N2CCC(Oc3ccc(N4C[C@H](n5cnnn5)C[C@@H]4CC(=O)O)cc3)CC2)c1. The monoisotopic (exact) mass is 510 g/mol. The van der Waals surface area contributed by atoms with Crippen molar-refractivity contribution in [3.63, 3.8) is 0 Å². The van der Waals surface area contributed by atoms with Gasteiger partial charge in [0.15, 0.2) is 0 Å². The average Bonchev–Trinajstić information content (AvgIpc) is 3.57. The molecule has 5 rings (SSSR count). The lowest BCUT2D eigenvalue weighted by molar-refractivity contribution is -0.137. The molecule has 0 spiro atoms. The van der Waals surface area contributed by atoms with Gasteiger partial charge in [-0.15, -0.1) is 5.10 Å². The molecule has 2 saturated heterocycles. The molecular formula is C26H31FN6O4. The van der Waals surface area contributed by atoms with E-state index in [2.05, 4.69) is 20.4 Å². The summed E-state index contributed by atoms with van der Waals surface area (Å²) in [6, 6.07) is 12.5. The number of carboxylic acids is 1. The number of nitrogens with zero attached hydrogens (tertiary/aromatic N) is 6. The highest BCUT2D eigenvalue weighted by atomic mass is 19.1. The van der Waals surface area contributed by atoms with Crippen molar-refractivity contribution in [1.29, 1.82) is 0 Å². The van der Waals surface area contributed by atoms with E-state index in [1.807, 2.05) is 36.1 Å². The Kier molecular flexibility index (Phi) is 7.38. The maximum atomic E-state index is 14.4. The molecule has 2 aliphatic rings. The minimum atomic E-state index is -0.830. The van der Waals surface area contributed by atoms with Gasteiger partial charge in [-0.3, -0.25) is 4.79 Å². The third-order valence-corrected chi connectivity index (χ3v) is 7.02. The summed E-state index contributed by atoms with van der Waals surface area (Å²) in [6.45, 7) is 4.46. The van der Waals surface area contributed by atoms with Crippen molar-refractivity contribution >= 4 is 17.3 Å². The molecule has 2 atom stereocenters. The van der Waals surface area contributed by atoms with Gasteiger partial charge in [-0.05, 0) is 60.2 Å². The lowest BCUT2D eigenvalue weighted by Crippen LogP contribution is -2.38. The van der Waals surface area contributed by atoms with Crippen LogP contribution in [0.15, 0.2) is 48.8 Å². The van der Waals surface area contributed by atoms with Crippen LogP contribution in [0.25, 0.3) is 0 Å². The molecule has 0 radical (unpaired) electrons. The summed E-state index contributed by atoms with van der Waals surface area (Å²) in [7, 11) is 0. The fourth-order valence-corrected chi connectivity index (χ4v) is 5.25. The van der Waals surface area contributed by atoms with Gasteiger partial charge in [-0.2, -0.15) is 0 Å². The van der Waals surface area contributed by atoms with Crippen molar-refractivity contribution in [2.45, 2.75) is 50.8 Å². The fraction of sp³-hybridized carbons (Fsp3) is 0.462. The predicted octanol–water partition coefficient (Wildman–Crippen LogP) is 3.55. The number of halogens is 1. The first-order valence-electron chi connectivity index (χ1n) is 12.6. The van der Waals surface area contributed by atoms with E-state index >= 15 is 0 Å². The highest BCUT2D eigenvalue weighted by Gasteiger charge is 2.35. The van der Waals surface area contributed by atoms with Gasteiger partial charge < -0.3 is 24.4 Å². The van der Waals surface area contributed by atoms with E-state index in [1.165, 1.54) is 6.07 Å². The van der Waals surface area contributed by atoms with Crippen molar-refractivity contribution < 1.29 is 23.8 Å². The molecular weight excluding hydrogens is 479 g/mol. The second kappa shape index (κ2) is 11.0. The lowest BCUT2D eigenvalue weighted by atomic mass is 10.1. The number of hydrogen-bond acceptors (Lipinski definition) is 8. The van der Waals surface area contributed by atoms with Crippen molar-refractivity contribution in [3.05, 3.63) is 54.6 Å². The second-order valence-corrected chi connectivity index (χ2v) is 9.43. The Labute approximate surface area is 214 Å². The molecule has 10 nitrogen and oxygen atoms in total. The first-order valence-corrected chi connectivity index (χ1v) is 12.6. The minimum Gasteiger partial charge on any atom is -0.494 e. The first kappa shape index (κ1) is 24.8. The summed E-state index contributed by atoms with van der Waals surface area (Å²) in [4.78, 5) is 15.6. The number of piperidine rings is 1. The molecule has 0 saturated carbocycles. The van der Waals surface area contributed by atoms with Gasteiger partial charge in [-0.1, -0.05) is 0 Å². The molecule has 37 heavy (non-hydrogen) atoms. The third kappa shape index (κ3) is 5.76. The van der Waals surface area contributed by atoms with E-state index in [0.29, 0.717) is 44.1 Å². The molecule has 0 amide bonds. The Morgan fingerprint density at radius 1 is 1.14 bits per heavy atom. The number of rotatable bonds is 9. The molecule has 196 valence electrons. The Hall–Kier alpha value is -3.89. The normalized spacial score (nSPS) is 20.3. The summed E-state index contributed by atoms with van der Waals surface area (Å²) in [5.41, 5.74) is 1.50. The van der Waals surface area contributed by atoms with E-state index in [4.69, 9.17) is 9.47 Å². The molecule has 0 bridgehead atoms. The topological polar surface area (TPSA) is 106 Å². The van der Waals surface area contributed by atoms with Crippen molar-refractivity contribution in [2.75, 3.05) is 36.0 Å². The van der Waals surface area contributed by atoms with Crippen LogP contribution in [0.4, 0.5) is 15.8 Å². The van der Waals surface area contributed by atoms with Gasteiger partial charge in [0, 0.05) is 50.3 Å². The molecule has 2 fully saturated rings. The Morgan fingerprint density at radius 2 is 1.89 bits per heavy atom. The zero-order chi connectivity index (χ0) is 25.8. The molecule has 11 heteroatoms. The van der Waals surface area contributed by atoms with Crippen LogP contribution in [-0.4, -0.2) is 69.7 Å². The number of aliphatic carboxylic acids is 1. The van der Waals surface area contributed by atoms with Crippen LogP contribution in [0.5, 0.6) is 11.5 Å². The Bertz CT molecular complexity index is 1180. The van der Waals surface area contributed by atoms with Crippen molar-refractivity contribution in [3.8, 4) is 11.5 Å². The number of carbonyl (C=O) groups is 1. The summed E-state index contributed by atoms with van der Waals surface area (Å²) < 4.78 is 27.9. The second-order valence-electron chi connectivity index (χ2n) is 9.43. The maximum Gasteiger partial charge on any atom is 0.305 e. The van der Waals surface area contributed by atoms with E-state index in [0.717, 1.165) is 24.3 Å². The Balaban J connectivity index is 1.19. The van der Waals surface area contributed by atoms with Crippen LogP contribution < -0.4 is 19.3 Å². The third-order valence-electron chi connectivity index (χ3n) is 7.02. The number of benzene rings is 2. The molecule has 3 aromatic rings. The van der Waals surface area contributed by atoms with Crippen molar-refractivity contribution in [2.24, 2.45) is 0 Å². The highest BCUT2D eigenvalue weighted by Crippen LogP contribution is 2.34. The van der Waals surface area contributed by atoms with Gasteiger partial charge in [0.1, 0.15) is 29.7 Å². The molecule has 0 aliphatic carbocycles. The summed E-state index contributed by atoms with van der Waals surface area (Å²) in [6.07, 6.45) is 3.86. The number of ether oxygens (including phenoxy) is 2. The largest absolute Gasteiger partial charge is 0.494 e. The number of carboxylic acid groups (broad SMARTS) is 1. The van der Waals surface area contributed by atoms with E-state index in [-0.39, 0.29) is 30.4 Å². The number of hydrogen-bond donors (Lipinski definition) is 1. The summed E-state index contributed by atoms with van der Waals surface area (Å²) in [5, 5.41) is 20.8. The standard InChI is InChI=1S/C26H31FN6O4/c1-2-36-23-7-8-24(27)25(15-23)31-11-9-22(10-12-31)37-21-5-3-18(4-6-21)32-16-20(33-17-28-29-30-33)13-19(32)14-26(34)35/h3-8,15,17,19-20,22H,2,9-14,16H2,1H3,(H,34,35)/t19-,20-/m1/s1. The van der Waals surface area contributed by atoms with Crippen LogP contribution in [-0.2, 0) is 4.79 Å². The van der Waals surface area contributed by atoms with Crippen LogP contribution in [0.2, 0.25) is 0 Å². The minimum absolute atomic E-state index is 0.0135. The summed E-state index contributed by atoms with van der Waals surface area (Å²) in [5.74, 6) is 0.356. The lowest BCUT2D eigenvalue weighted by Gasteiger charge is -2.34. The van der Waals surface area contributed by atoms with E-state index < -0.39 is 5.97 Å². The Morgan fingerprint density at radius 3 is 2.57 bits per heavy atom. The highest BCUT2D eigenvalue weighted by molar-refractivity contribution is 5.69. The van der Waals surface area contributed by atoms with Crippen LogP contribution in [0.3, 0.4) is 0 Å². The van der Waals surface area contributed by atoms with Gasteiger partial charge in [-0.25, -0.2) is 9.07 Å². The zero-order valence-corrected chi connectivity index (χ0v) is 20.7. The zero-order valence-electron chi connectivity index (χ0n) is 20.7. The van der Waals surface area contributed by atoms with Gasteiger partial charge in [0.05, 0.1) is 24.8 Å². The molecule has 1 aromatic heterocycles. The fourth-order valence-electron chi connectivity index (χ4n) is 5.25. The first-order chi connectivity index (χ1) is 18.0. The molecule has 1 N–H and O–H groups in total. The van der Waals surface area contributed by atoms with Crippen LogP contribution >= 0.6 is 0 Å². The number of aromatic nitrogens is 4. The number of tetrazole rings is 1. The maximum absolute atomic E-state index is 14.4. The molecule has 2 aliphatic heterocycles. The van der Waals surface area contributed by atoms with Gasteiger partial charge in [0.2, 0.25) is 0 Å². The smallest absolute Gasteiger partial charge is 0.305 e. The quantitative estimate of drug-likeness (QED) is 0.463. The molecule has 0 unspecified atom stereocenters.